The number of hydrogen-bond acceptors (Lipinski definition) is 9. The summed E-state index contributed by atoms with van der Waals surface area (Å²) in [6, 6.07) is 21.3. The summed E-state index contributed by atoms with van der Waals surface area (Å²) in [5.74, 6) is 0.140. The normalized spacial score (nSPS) is 19.6. The number of likely N-dealkylation sites (tertiary alicyclic amines) is 1. The molecule has 4 heterocycles. The van der Waals surface area contributed by atoms with E-state index in [4.69, 9.17) is 10.8 Å². The van der Waals surface area contributed by atoms with E-state index in [1.165, 1.54) is 5.56 Å². The quantitative estimate of drug-likeness (QED) is 0.150. The van der Waals surface area contributed by atoms with Crippen molar-refractivity contribution >= 4 is 40.9 Å². The molecule has 11 nitrogen and oxygen atoms in total. The van der Waals surface area contributed by atoms with E-state index in [1.54, 1.807) is 48.4 Å². The lowest BCUT2D eigenvalue weighted by Crippen LogP contribution is -2.47. The number of carbonyl (C=O) groups is 3. The highest BCUT2D eigenvalue weighted by Gasteiger charge is 2.36. The van der Waals surface area contributed by atoms with Gasteiger partial charge in [0.05, 0.1) is 17.1 Å². The van der Waals surface area contributed by atoms with Gasteiger partial charge in [-0.15, -0.1) is 0 Å². The standard InChI is InChI=1S/C42H47N7O4/c1-45-41(52)38(6-4-24-50)49-27-30-25-33(12-13-34(30)42(49)53)47-21-16-31(17-22-47)46-19-14-29(15-20-46)28-8-10-32(11-9-28)48-23-18-36(43)39(48)26-37(44)35-5-2-3-7-40(35)51/h2-3,5,7-13,18,23-26,29,31,38,43-44,51H,4,6,14-17,19-22,27H2,1H3,(H,45,52)/b39-26+,43-36?,44-37?. The first-order chi connectivity index (χ1) is 25.7. The maximum absolute atomic E-state index is 13.2. The molecule has 1 atom stereocenters. The van der Waals surface area contributed by atoms with E-state index in [0.29, 0.717) is 47.5 Å². The second-order valence-electron chi connectivity index (χ2n) is 14.3. The molecule has 3 aromatic carbocycles. The number of benzene rings is 3. The molecule has 4 aliphatic heterocycles. The molecular formula is C42H47N7O4. The second-order valence-corrected chi connectivity index (χ2v) is 14.3. The molecular weight excluding hydrogens is 667 g/mol. The summed E-state index contributed by atoms with van der Waals surface area (Å²) in [6.45, 7) is 4.41. The molecule has 53 heavy (non-hydrogen) atoms. The zero-order valence-corrected chi connectivity index (χ0v) is 30.1. The van der Waals surface area contributed by atoms with E-state index < -0.39 is 6.04 Å². The van der Waals surface area contributed by atoms with Gasteiger partial charge in [-0.05, 0) is 117 Å². The Morgan fingerprint density at radius 1 is 0.981 bits per heavy atom. The fourth-order valence-electron chi connectivity index (χ4n) is 8.33. The van der Waals surface area contributed by atoms with Crippen LogP contribution in [-0.2, 0) is 16.1 Å². The Labute approximate surface area is 310 Å². The number of phenolic OH excluding ortho intramolecular Hbond substituents is 1. The van der Waals surface area contributed by atoms with Gasteiger partial charge >= 0.3 is 0 Å². The van der Waals surface area contributed by atoms with E-state index in [9.17, 15) is 19.5 Å². The molecule has 0 saturated carbocycles. The summed E-state index contributed by atoms with van der Waals surface area (Å²) in [5.41, 5.74) is 6.45. The lowest BCUT2D eigenvalue weighted by molar-refractivity contribution is -0.125. The fourth-order valence-corrected chi connectivity index (χ4v) is 8.33. The van der Waals surface area contributed by atoms with Crippen LogP contribution in [-0.4, -0.2) is 89.7 Å². The highest BCUT2D eigenvalue weighted by molar-refractivity contribution is 6.19. The van der Waals surface area contributed by atoms with Crippen LogP contribution in [0.5, 0.6) is 5.75 Å². The van der Waals surface area contributed by atoms with E-state index >= 15 is 0 Å². The predicted octanol–water partition coefficient (Wildman–Crippen LogP) is 5.60. The van der Waals surface area contributed by atoms with Gasteiger partial charge in [0.1, 0.15) is 18.1 Å². The number of piperidine rings is 2. The van der Waals surface area contributed by atoms with Gasteiger partial charge < -0.3 is 40.2 Å². The van der Waals surface area contributed by atoms with Gasteiger partial charge in [-0.3, -0.25) is 15.0 Å². The Morgan fingerprint density at radius 2 is 1.70 bits per heavy atom. The van der Waals surface area contributed by atoms with Crippen LogP contribution in [0.15, 0.2) is 90.8 Å². The number of nitrogens with zero attached hydrogens (tertiary/aromatic N) is 4. The number of aldehydes is 1. The monoisotopic (exact) mass is 713 g/mol. The molecule has 0 spiro atoms. The third kappa shape index (κ3) is 7.39. The van der Waals surface area contributed by atoms with Gasteiger partial charge in [0.25, 0.3) is 5.91 Å². The molecule has 274 valence electrons. The molecule has 3 aromatic rings. The third-order valence-electron chi connectivity index (χ3n) is 11.3. The molecule has 0 aromatic heterocycles. The summed E-state index contributed by atoms with van der Waals surface area (Å²) in [6.07, 6.45) is 10.9. The van der Waals surface area contributed by atoms with Crippen molar-refractivity contribution in [1.29, 1.82) is 10.8 Å². The molecule has 2 fully saturated rings. The van der Waals surface area contributed by atoms with Crippen molar-refractivity contribution in [3.63, 3.8) is 0 Å². The average Bonchev–Trinajstić information content (AvgIpc) is 3.72. The largest absolute Gasteiger partial charge is 0.507 e. The number of rotatable bonds is 11. The van der Waals surface area contributed by atoms with Crippen LogP contribution < -0.4 is 15.1 Å². The number of para-hydroxylation sites is 1. The number of carbonyl (C=O) groups excluding carboxylic acids is 3. The van der Waals surface area contributed by atoms with Crippen LogP contribution in [0.4, 0.5) is 11.4 Å². The number of amides is 2. The van der Waals surface area contributed by atoms with Crippen molar-refractivity contribution in [1.82, 2.24) is 15.1 Å². The summed E-state index contributed by atoms with van der Waals surface area (Å²) < 4.78 is 0. The maximum atomic E-state index is 13.2. The minimum atomic E-state index is -0.660. The van der Waals surface area contributed by atoms with Crippen LogP contribution in [0.2, 0.25) is 0 Å². The number of allylic oxidation sites excluding steroid dienone is 2. The summed E-state index contributed by atoms with van der Waals surface area (Å²) in [7, 11) is 1.56. The number of fused-ring (bicyclic) bond motifs is 1. The van der Waals surface area contributed by atoms with Crippen LogP contribution in [0.1, 0.15) is 71.5 Å². The summed E-state index contributed by atoms with van der Waals surface area (Å²) >= 11 is 0. The predicted molar refractivity (Wildman–Crippen MR) is 207 cm³/mol. The first kappa shape index (κ1) is 35.8. The number of anilines is 2. The first-order valence-corrected chi connectivity index (χ1v) is 18.6. The van der Waals surface area contributed by atoms with Gasteiger partial charge in [0.2, 0.25) is 5.91 Å². The van der Waals surface area contributed by atoms with Gasteiger partial charge in [-0.1, -0.05) is 24.3 Å². The lowest BCUT2D eigenvalue weighted by Gasteiger charge is -2.42. The first-order valence-electron chi connectivity index (χ1n) is 18.6. The Bertz CT molecular complexity index is 1960. The molecule has 11 heteroatoms. The number of nitrogens with one attached hydrogen (secondary N) is 3. The fraction of sp³-hybridized carbons (Fsp3) is 0.357. The number of hydrogen-bond donors (Lipinski definition) is 4. The second kappa shape index (κ2) is 15.6. The van der Waals surface area contributed by atoms with Crippen molar-refractivity contribution in [2.45, 2.75) is 63.1 Å². The van der Waals surface area contributed by atoms with Gasteiger partial charge in [0, 0.05) is 67.8 Å². The molecule has 2 amide bonds. The minimum absolute atomic E-state index is 0.0469. The topological polar surface area (TPSA) is 144 Å². The Morgan fingerprint density at radius 3 is 2.40 bits per heavy atom. The number of aromatic hydroxyl groups is 1. The molecule has 4 N–H and O–H groups in total. The molecule has 2 saturated heterocycles. The number of likely N-dealkylation sites (N-methyl/N-ethyl adjacent to an activating group) is 1. The van der Waals surface area contributed by atoms with Gasteiger partial charge in [0.15, 0.2) is 0 Å². The summed E-state index contributed by atoms with van der Waals surface area (Å²) in [4.78, 5) is 45.4. The van der Waals surface area contributed by atoms with Gasteiger partial charge in [-0.2, -0.15) is 0 Å². The molecule has 0 bridgehead atoms. The molecule has 0 radical (unpaired) electrons. The van der Waals surface area contributed by atoms with E-state index in [-0.39, 0.29) is 29.7 Å². The van der Waals surface area contributed by atoms with Crippen LogP contribution >= 0.6 is 0 Å². The highest BCUT2D eigenvalue weighted by Crippen LogP contribution is 2.35. The molecule has 7 rings (SSSR count). The molecule has 4 aliphatic rings. The van der Waals surface area contributed by atoms with E-state index in [2.05, 4.69) is 45.4 Å². The third-order valence-corrected chi connectivity index (χ3v) is 11.3. The van der Waals surface area contributed by atoms with E-state index in [1.807, 2.05) is 23.2 Å². The summed E-state index contributed by atoms with van der Waals surface area (Å²) in [5, 5.41) is 29.8. The van der Waals surface area contributed by atoms with Crippen molar-refractivity contribution in [3.05, 3.63) is 113 Å². The molecule has 1 unspecified atom stereocenters. The highest BCUT2D eigenvalue weighted by atomic mass is 16.3. The van der Waals surface area contributed by atoms with Crippen molar-refractivity contribution in [2.24, 2.45) is 0 Å². The zero-order chi connectivity index (χ0) is 37.1. The maximum Gasteiger partial charge on any atom is 0.255 e. The molecule has 0 aliphatic carbocycles. The lowest BCUT2D eigenvalue weighted by atomic mass is 9.88. The van der Waals surface area contributed by atoms with Crippen molar-refractivity contribution < 1.29 is 19.5 Å². The van der Waals surface area contributed by atoms with Gasteiger partial charge in [-0.25, -0.2) is 0 Å². The van der Waals surface area contributed by atoms with Crippen LogP contribution in [0.3, 0.4) is 0 Å². The van der Waals surface area contributed by atoms with Crippen LogP contribution in [0.25, 0.3) is 0 Å². The van der Waals surface area contributed by atoms with Crippen LogP contribution in [0, 0.1) is 10.8 Å². The van der Waals surface area contributed by atoms with E-state index in [0.717, 1.165) is 75.1 Å². The van der Waals surface area contributed by atoms with Crippen molar-refractivity contribution in [2.75, 3.05) is 43.0 Å². The van der Waals surface area contributed by atoms with Crippen molar-refractivity contribution in [3.8, 4) is 5.75 Å². The Hall–Kier alpha value is -5.55. The smallest absolute Gasteiger partial charge is 0.255 e. The minimum Gasteiger partial charge on any atom is -0.507 e. The average molecular weight is 714 g/mol. The SMILES string of the molecule is CNC(=O)C(CCC=O)N1Cc2cc(N3CCC(N4CCC(c5ccc(N6C=CC(=N)/C6=C\C(=N)c6ccccc6O)cc5)CC4)CC3)ccc2C1=O. The Balaban J connectivity index is 0.914. The zero-order valence-electron chi connectivity index (χ0n) is 30.1. The Kier molecular flexibility index (Phi) is 10.5. The number of phenols is 1.